The molecular formula is C14H17N3O4. The van der Waals surface area contributed by atoms with E-state index in [1.54, 1.807) is 6.92 Å². The van der Waals surface area contributed by atoms with Gasteiger partial charge in [-0.3, -0.25) is 19.8 Å². The van der Waals surface area contributed by atoms with Gasteiger partial charge in [0, 0.05) is 0 Å². The highest BCUT2D eigenvalue weighted by Gasteiger charge is 2.54. The van der Waals surface area contributed by atoms with Crippen LogP contribution in [-0.4, -0.2) is 27.7 Å². The Morgan fingerprint density at radius 3 is 2.62 bits per heavy atom. The largest absolute Gasteiger partial charge is 0.444 e. The SMILES string of the molecule is Cc1cnc(CN2C(=O)NC(=O)C3(CCCCC3)C2=O)o1. The average Bonchev–Trinajstić information content (AvgIpc) is 2.88. The minimum atomic E-state index is -1.09. The highest BCUT2D eigenvalue weighted by molar-refractivity contribution is 6.19. The monoisotopic (exact) mass is 291 g/mol. The molecule has 1 aromatic heterocycles. The Bertz CT molecular complexity index is 601. The number of hydrogen-bond donors (Lipinski definition) is 1. The van der Waals surface area contributed by atoms with Gasteiger partial charge in [0.15, 0.2) is 0 Å². The fourth-order valence-electron chi connectivity index (χ4n) is 3.08. The van der Waals surface area contributed by atoms with Crippen molar-refractivity contribution in [1.82, 2.24) is 15.2 Å². The first kappa shape index (κ1) is 13.8. The predicted molar refractivity (Wildman–Crippen MR) is 70.8 cm³/mol. The van der Waals surface area contributed by atoms with E-state index in [0.717, 1.165) is 24.2 Å². The van der Waals surface area contributed by atoms with E-state index in [2.05, 4.69) is 10.3 Å². The van der Waals surface area contributed by atoms with Gasteiger partial charge in [-0.1, -0.05) is 19.3 Å². The van der Waals surface area contributed by atoms with Crippen LogP contribution in [0.5, 0.6) is 0 Å². The molecule has 0 unspecified atom stereocenters. The number of barbiturate groups is 1. The maximum Gasteiger partial charge on any atom is 0.331 e. The van der Waals surface area contributed by atoms with E-state index in [1.807, 2.05) is 0 Å². The van der Waals surface area contributed by atoms with E-state index in [9.17, 15) is 14.4 Å². The minimum Gasteiger partial charge on any atom is -0.444 e. The summed E-state index contributed by atoms with van der Waals surface area (Å²) >= 11 is 0. The maximum atomic E-state index is 12.7. The molecule has 2 heterocycles. The number of carbonyl (C=O) groups is 3. The van der Waals surface area contributed by atoms with E-state index >= 15 is 0 Å². The van der Waals surface area contributed by atoms with Crippen LogP contribution < -0.4 is 5.32 Å². The number of hydrogen-bond acceptors (Lipinski definition) is 5. The van der Waals surface area contributed by atoms with Crippen molar-refractivity contribution < 1.29 is 18.8 Å². The van der Waals surface area contributed by atoms with Gasteiger partial charge in [0.2, 0.25) is 17.7 Å². The normalized spacial score (nSPS) is 21.8. The molecule has 2 fully saturated rings. The topological polar surface area (TPSA) is 92.5 Å². The molecule has 0 bridgehead atoms. The summed E-state index contributed by atoms with van der Waals surface area (Å²) in [6.45, 7) is 1.69. The second kappa shape index (κ2) is 4.98. The second-order valence-electron chi connectivity index (χ2n) is 5.66. The Labute approximate surface area is 121 Å². The van der Waals surface area contributed by atoms with Crippen LogP contribution in [-0.2, 0) is 16.1 Å². The predicted octanol–water partition coefficient (Wildman–Crippen LogP) is 1.51. The molecule has 7 heteroatoms. The van der Waals surface area contributed by atoms with Gasteiger partial charge in [-0.2, -0.15) is 0 Å². The van der Waals surface area contributed by atoms with Crippen LogP contribution in [0.2, 0.25) is 0 Å². The lowest BCUT2D eigenvalue weighted by Crippen LogP contribution is -2.64. The molecule has 1 aliphatic carbocycles. The van der Waals surface area contributed by atoms with Gasteiger partial charge < -0.3 is 4.42 Å². The van der Waals surface area contributed by atoms with Crippen LogP contribution in [0.3, 0.4) is 0 Å². The number of rotatable bonds is 2. The Morgan fingerprint density at radius 2 is 2.00 bits per heavy atom. The quantitative estimate of drug-likeness (QED) is 0.834. The molecule has 4 amide bonds. The molecule has 7 nitrogen and oxygen atoms in total. The molecule has 0 radical (unpaired) electrons. The first-order valence-corrected chi connectivity index (χ1v) is 7.12. The lowest BCUT2D eigenvalue weighted by atomic mass is 9.71. The molecule has 0 atom stereocenters. The zero-order chi connectivity index (χ0) is 15.0. The number of aryl methyl sites for hydroxylation is 1. The summed E-state index contributed by atoms with van der Waals surface area (Å²) in [5.74, 6) is 0.0125. The fraction of sp³-hybridized carbons (Fsp3) is 0.571. The molecular weight excluding hydrogens is 274 g/mol. The smallest absolute Gasteiger partial charge is 0.331 e. The van der Waals surface area contributed by atoms with Crippen molar-refractivity contribution in [2.75, 3.05) is 0 Å². The summed E-state index contributed by atoms with van der Waals surface area (Å²) in [6.07, 6.45) is 5.16. The van der Waals surface area contributed by atoms with Gasteiger partial charge >= 0.3 is 6.03 Å². The van der Waals surface area contributed by atoms with Crippen LogP contribution >= 0.6 is 0 Å². The van der Waals surface area contributed by atoms with Crippen molar-refractivity contribution in [3.63, 3.8) is 0 Å². The number of nitrogens with zero attached hydrogens (tertiary/aromatic N) is 2. The number of nitrogens with one attached hydrogen (secondary N) is 1. The Kier molecular flexibility index (Phi) is 3.27. The highest BCUT2D eigenvalue weighted by Crippen LogP contribution is 2.40. The van der Waals surface area contributed by atoms with Crippen LogP contribution in [0.1, 0.15) is 43.8 Å². The molecule has 1 saturated carbocycles. The molecule has 1 N–H and O–H groups in total. The Balaban J connectivity index is 1.87. The van der Waals surface area contributed by atoms with Crippen molar-refractivity contribution in [2.45, 2.75) is 45.6 Å². The molecule has 1 aromatic rings. The summed E-state index contributed by atoms with van der Waals surface area (Å²) in [6, 6.07) is -0.697. The molecule has 0 aromatic carbocycles. The number of urea groups is 1. The Morgan fingerprint density at radius 1 is 1.29 bits per heavy atom. The highest BCUT2D eigenvalue weighted by atomic mass is 16.4. The van der Waals surface area contributed by atoms with Gasteiger partial charge in [0.1, 0.15) is 17.7 Å². The summed E-state index contributed by atoms with van der Waals surface area (Å²) in [5, 5.41) is 2.31. The lowest BCUT2D eigenvalue weighted by Gasteiger charge is -2.40. The van der Waals surface area contributed by atoms with E-state index < -0.39 is 23.3 Å². The van der Waals surface area contributed by atoms with Crippen LogP contribution in [0, 0.1) is 12.3 Å². The minimum absolute atomic E-state index is 0.0481. The number of imide groups is 2. The summed E-state index contributed by atoms with van der Waals surface area (Å²) in [4.78, 5) is 41.9. The van der Waals surface area contributed by atoms with Crippen molar-refractivity contribution in [1.29, 1.82) is 0 Å². The van der Waals surface area contributed by atoms with Crippen LogP contribution in [0.4, 0.5) is 4.79 Å². The van der Waals surface area contributed by atoms with Gasteiger partial charge in [0.05, 0.1) is 6.20 Å². The molecule has 1 aliphatic heterocycles. The number of amides is 4. The molecule has 1 saturated heterocycles. The third-order valence-corrected chi connectivity index (χ3v) is 4.22. The molecule has 2 aliphatic rings. The second-order valence-corrected chi connectivity index (χ2v) is 5.66. The van der Waals surface area contributed by atoms with Crippen molar-refractivity contribution in [2.24, 2.45) is 5.41 Å². The first-order chi connectivity index (χ1) is 10.0. The molecule has 3 rings (SSSR count). The van der Waals surface area contributed by atoms with E-state index in [4.69, 9.17) is 4.42 Å². The van der Waals surface area contributed by atoms with Crippen molar-refractivity contribution in [3.05, 3.63) is 17.8 Å². The first-order valence-electron chi connectivity index (χ1n) is 7.12. The van der Waals surface area contributed by atoms with Crippen LogP contribution in [0.15, 0.2) is 10.6 Å². The van der Waals surface area contributed by atoms with Gasteiger partial charge in [-0.05, 0) is 19.8 Å². The lowest BCUT2D eigenvalue weighted by molar-refractivity contribution is -0.154. The van der Waals surface area contributed by atoms with Gasteiger partial charge in [-0.25, -0.2) is 9.78 Å². The van der Waals surface area contributed by atoms with Gasteiger partial charge in [-0.15, -0.1) is 0 Å². The van der Waals surface area contributed by atoms with Gasteiger partial charge in [0.25, 0.3) is 0 Å². The summed E-state index contributed by atoms with van der Waals surface area (Å²) < 4.78 is 5.32. The zero-order valence-electron chi connectivity index (χ0n) is 11.8. The van der Waals surface area contributed by atoms with Crippen molar-refractivity contribution in [3.8, 4) is 0 Å². The fourth-order valence-corrected chi connectivity index (χ4v) is 3.08. The van der Waals surface area contributed by atoms with E-state index in [1.165, 1.54) is 6.20 Å². The third-order valence-electron chi connectivity index (χ3n) is 4.22. The standard InChI is InChI=1S/C14H17N3O4/c1-9-7-15-10(21-9)8-17-12(19)14(5-3-2-4-6-14)11(18)16-13(17)20/h7H,2-6,8H2,1H3,(H,16,18,20). The number of oxazole rings is 1. The molecule has 21 heavy (non-hydrogen) atoms. The summed E-state index contributed by atoms with van der Waals surface area (Å²) in [5.41, 5.74) is -1.09. The maximum absolute atomic E-state index is 12.7. The van der Waals surface area contributed by atoms with E-state index in [-0.39, 0.29) is 12.4 Å². The van der Waals surface area contributed by atoms with Crippen molar-refractivity contribution >= 4 is 17.8 Å². The zero-order valence-corrected chi connectivity index (χ0v) is 11.8. The number of carbonyl (C=O) groups excluding carboxylic acids is 3. The summed E-state index contributed by atoms with van der Waals surface area (Å²) in [7, 11) is 0. The number of aromatic nitrogens is 1. The third kappa shape index (κ3) is 2.22. The Hall–Kier alpha value is -2.18. The molecule has 1 spiro atoms. The van der Waals surface area contributed by atoms with E-state index in [0.29, 0.717) is 18.6 Å². The average molecular weight is 291 g/mol. The molecule has 112 valence electrons. The van der Waals surface area contributed by atoms with Crippen LogP contribution in [0.25, 0.3) is 0 Å².